The number of nitrogen functional groups attached to an aromatic ring is 1. The van der Waals surface area contributed by atoms with E-state index in [4.69, 9.17) is 10.5 Å². The number of carbonyl (C=O) groups excluding carboxylic acids is 1. The molecule has 0 fully saturated rings. The summed E-state index contributed by atoms with van der Waals surface area (Å²) in [5.41, 5.74) is 6.90. The SMILES string of the molecule is CCC1CC(=O)Nc2c(N)cccc2O1. The van der Waals surface area contributed by atoms with Crippen molar-refractivity contribution in [3.8, 4) is 5.75 Å². The summed E-state index contributed by atoms with van der Waals surface area (Å²) in [5, 5.41) is 2.77. The summed E-state index contributed by atoms with van der Waals surface area (Å²) < 4.78 is 5.69. The van der Waals surface area contributed by atoms with Crippen molar-refractivity contribution in [3.63, 3.8) is 0 Å². The molecule has 0 aliphatic carbocycles. The molecule has 4 heteroatoms. The fourth-order valence-electron chi connectivity index (χ4n) is 1.63. The number of para-hydroxylation sites is 1. The lowest BCUT2D eigenvalue weighted by atomic mass is 10.2. The number of rotatable bonds is 1. The zero-order valence-corrected chi connectivity index (χ0v) is 8.62. The molecule has 0 bridgehead atoms. The van der Waals surface area contributed by atoms with Gasteiger partial charge in [0.1, 0.15) is 17.5 Å². The van der Waals surface area contributed by atoms with E-state index in [2.05, 4.69) is 5.32 Å². The van der Waals surface area contributed by atoms with E-state index in [1.54, 1.807) is 6.07 Å². The van der Waals surface area contributed by atoms with Crippen LogP contribution in [0.5, 0.6) is 5.75 Å². The van der Waals surface area contributed by atoms with E-state index in [-0.39, 0.29) is 12.0 Å². The van der Waals surface area contributed by atoms with Crippen molar-refractivity contribution in [3.05, 3.63) is 18.2 Å². The Balaban J connectivity index is 2.40. The van der Waals surface area contributed by atoms with Gasteiger partial charge in [-0.1, -0.05) is 13.0 Å². The molecule has 0 saturated heterocycles. The first kappa shape index (κ1) is 9.83. The van der Waals surface area contributed by atoms with Crippen LogP contribution in [0.1, 0.15) is 19.8 Å². The number of carbonyl (C=O) groups is 1. The molecule has 0 radical (unpaired) electrons. The molecule has 1 aliphatic rings. The summed E-state index contributed by atoms with van der Waals surface area (Å²) in [4.78, 5) is 11.5. The van der Waals surface area contributed by atoms with Crippen LogP contribution in [0.15, 0.2) is 18.2 Å². The Bertz CT molecular complexity index is 390. The van der Waals surface area contributed by atoms with Crippen molar-refractivity contribution < 1.29 is 9.53 Å². The van der Waals surface area contributed by atoms with Gasteiger partial charge in [0.2, 0.25) is 5.91 Å². The van der Waals surface area contributed by atoms with Crippen molar-refractivity contribution in [2.24, 2.45) is 0 Å². The van der Waals surface area contributed by atoms with Crippen LogP contribution in [0.4, 0.5) is 11.4 Å². The van der Waals surface area contributed by atoms with E-state index in [9.17, 15) is 4.79 Å². The van der Waals surface area contributed by atoms with Gasteiger partial charge in [-0.05, 0) is 18.6 Å². The van der Waals surface area contributed by atoms with E-state index in [0.29, 0.717) is 23.5 Å². The Morgan fingerprint density at radius 2 is 2.40 bits per heavy atom. The minimum Gasteiger partial charge on any atom is -0.488 e. The quantitative estimate of drug-likeness (QED) is 0.688. The van der Waals surface area contributed by atoms with E-state index in [1.165, 1.54) is 0 Å². The minimum absolute atomic E-state index is 0.0431. The van der Waals surface area contributed by atoms with Crippen LogP contribution in [-0.4, -0.2) is 12.0 Å². The lowest BCUT2D eigenvalue weighted by molar-refractivity contribution is -0.117. The number of amides is 1. The first-order valence-corrected chi connectivity index (χ1v) is 5.05. The summed E-state index contributed by atoms with van der Waals surface area (Å²) in [6.45, 7) is 2.00. The maximum Gasteiger partial charge on any atom is 0.228 e. The largest absolute Gasteiger partial charge is 0.488 e. The van der Waals surface area contributed by atoms with Crippen LogP contribution in [-0.2, 0) is 4.79 Å². The molecule has 80 valence electrons. The number of nitrogens with one attached hydrogen (secondary N) is 1. The normalized spacial score (nSPS) is 19.8. The van der Waals surface area contributed by atoms with Gasteiger partial charge in [0.05, 0.1) is 12.1 Å². The zero-order chi connectivity index (χ0) is 10.8. The molecule has 4 nitrogen and oxygen atoms in total. The molecule has 3 N–H and O–H groups in total. The first-order valence-electron chi connectivity index (χ1n) is 5.05. The van der Waals surface area contributed by atoms with Crippen LogP contribution in [0.25, 0.3) is 0 Å². The molecule has 1 aromatic carbocycles. The van der Waals surface area contributed by atoms with Crippen LogP contribution in [0.3, 0.4) is 0 Å². The zero-order valence-electron chi connectivity index (χ0n) is 8.62. The topological polar surface area (TPSA) is 64.4 Å². The first-order chi connectivity index (χ1) is 7.20. The van der Waals surface area contributed by atoms with E-state index in [0.717, 1.165) is 6.42 Å². The summed E-state index contributed by atoms with van der Waals surface area (Å²) >= 11 is 0. The molecule has 1 unspecified atom stereocenters. The third-order valence-electron chi connectivity index (χ3n) is 2.48. The van der Waals surface area contributed by atoms with Gasteiger partial charge in [0.25, 0.3) is 0 Å². The van der Waals surface area contributed by atoms with Crippen LogP contribution in [0.2, 0.25) is 0 Å². The fourth-order valence-corrected chi connectivity index (χ4v) is 1.63. The maximum atomic E-state index is 11.5. The molecule has 1 heterocycles. The Labute approximate surface area is 88.4 Å². The molecule has 0 saturated carbocycles. The van der Waals surface area contributed by atoms with E-state index < -0.39 is 0 Å². The number of hydrogen-bond acceptors (Lipinski definition) is 3. The second kappa shape index (κ2) is 3.81. The molecular formula is C11H14N2O2. The van der Waals surface area contributed by atoms with Crippen molar-refractivity contribution in [1.29, 1.82) is 0 Å². The standard InChI is InChI=1S/C11H14N2O2/c1-2-7-6-10(14)13-11-8(12)4-3-5-9(11)15-7/h3-5,7H,2,6,12H2,1H3,(H,13,14). The molecule has 1 aliphatic heterocycles. The second-order valence-corrected chi connectivity index (χ2v) is 3.62. The second-order valence-electron chi connectivity index (χ2n) is 3.62. The highest BCUT2D eigenvalue weighted by molar-refractivity contribution is 5.96. The number of benzene rings is 1. The summed E-state index contributed by atoms with van der Waals surface area (Å²) in [6.07, 6.45) is 1.12. The van der Waals surface area contributed by atoms with Gasteiger partial charge in [-0.3, -0.25) is 4.79 Å². The number of nitrogens with two attached hydrogens (primary N) is 1. The minimum atomic E-state index is -0.0620. The Morgan fingerprint density at radius 3 is 3.13 bits per heavy atom. The van der Waals surface area contributed by atoms with Gasteiger partial charge in [0.15, 0.2) is 0 Å². The number of fused-ring (bicyclic) bond motifs is 1. The van der Waals surface area contributed by atoms with Gasteiger partial charge >= 0.3 is 0 Å². The average molecular weight is 206 g/mol. The van der Waals surface area contributed by atoms with E-state index >= 15 is 0 Å². The number of anilines is 2. The summed E-state index contributed by atoms with van der Waals surface area (Å²) in [7, 11) is 0. The lowest BCUT2D eigenvalue weighted by Crippen LogP contribution is -2.20. The number of hydrogen-bond donors (Lipinski definition) is 2. The Kier molecular flexibility index (Phi) is 2.49. The molecule has 1 atom stereocenters. The molecule has 0 aromatic heterocycles. The molecule has 2 rings (SSSR count). The third kappa shape index (κ3) is 1.88. The number of ether oxygens (including phenoxy) is 1. The summed E-state index contributed by atoms with van der Waals surface area (Å²) in [5.74, 6) is 0.617. The third-order valence-corrected chi connectivity index (χ3v) is 2.48. The molecule has 1 aromatic rings. The van der Waals surface area contributed by atoms with E-state index in [1.807, 2.05) is 19.1 Å². The highest BCUT2D eigenvalue weighted by Gasteiger charge is 2.22. The Morgan fingerprint density at radius 1 is 1.60 bits per heavy atom. The van der Waals surface area contributed by atoms with Gasteiger partial charge in [-0.25, -0.2) is 0 Å². The van der Waals surface area contributed by atoms with Crippen molar-refractivity contribution >= 4 is 17.3 Å². The van der Waals surface area contributed by atoms with Crippen molar-refractivity contribution in [2.45, 2.75) is 25.9 Å². The highest BCUT2D eigenvalue weighted by atomic mass is 16.5. The molecule has 0 spiro atoms. The van der Waals surface area contributed by atoms with Crippen molar-refractivity contribution in [1.82, 2.24) is 0 Å². The van der Waals surface area contributed by atoms with Gasteiger partial charge in [-0.2, -0.15) is 0 Å². The average Bonchev–Trinajstić information content (AvgIpc) is 2.37. The van der Waals surface area contributed by atoms with Crippen LogP contribution in [0, 0.1) is 0 Å². The lowest BCUT2D eigenvalue weighted by Gasteiger charge is -2.14. The van der Waals surface area contributed by atoms with Gasteiger partial charge in [0, 0.05) is 0 Å². The summed E-state index contributed by atoms with van der Waals surface area (Å²) in [6, 6.07) is 5.38. The molecule has 15 heavy (non-hydrogen) atoms. The van der Waals surface area contributed by atoms with Gasteiger partial charge < -0.3 is 15.8 Å². The van der Waals surface area contributed by atoms with Crippen LogP contribution >= 0.6 is 0 Å². The molecular weight excluding hydrogens is 192 g/mol. The smallest absolute Gasteiger partial charge is 0.228 e. The predicted molar refractivity (Wildman–Crippen MR) is 58.8 cm³/mol. The van der Waals surface area contributed by atoms with Gasteiger partial charge in [-0.15, -0.1) is 0 Å². The maximum absolute atomic E-state index is 11.5. The van der Waals surface area contributed by atoms with Crippen molar-refractivity contribution in [2.75, 3.05) is 11.1 Å². The monoisotopic (exact) mass is 206 g/mol. The predicted octanol–water partition coefficient (Wildman–Crippen LogP) is 1.77. The molecule has 1 amide bonds. The fraction of sp³-hybridized carbons (Fsp3) is 0.364. The Hall–Kier alpha value is -1.71. The highest BCUT2D eigenvalue weighted by Crippen LogP contribution is 2.34. The van der Waals surface area contributed by atoms with Crippen LogP contribution < -0.4 is 15.8 Å².